The fourth-order valence-electron chi connectivity index (χ4n) is 2.88. The van der Waals surface area contributed by atoms with Gasteiger partial charge in [-0.15, -0.1) is 11.6 Å². The molecule has 0 aliphatic carbocycles. The zero-order valence-corrected chi connectivity index (χ0v) is 17.6. The zero-order valence-electron chi connectivity index (χ0n) is 16.0. The van der Waals surface area contributed by atoms with Crippen LogP contribution in [0.15, 0.2) is 64.3 Å². The van der Waals surface area contributed by atoms with Crippen LogP contribution in [0.3, 0.4) is 0 Å². The number of aromatic amines is 1. The van der Waals surface area contributed by atoms with Gasteiger partial charge in [-0.25, -0.2) is 13.4 Å². The molecular formula is C21H22ClN3O3S. The maximum Gasteiger partial charge on any atom is 0.261 e. The van der Waals surface area contributed by atoms with Gasteiger partial charge in [-0.2, -0.15) is 0 Å². The number of anilines is 1. The summed E-state index contributed by atoms with van der Waals surface area (Å²) < 4.78 is 28.0. The molecule has 152 valence electrons. The van der Waals surface area contributed by atoms with Crippen molar-refractivity contribution in [2.24, 2.45) is 0 Å². The van der Waals surface area contributed by atoms with Gasteiger partial charge in [0.1, 0.15) is 5.82 Å². The van der Waals surface area contributed by atoms with Gasteiger partial charge >= 0.3 is 0 Å². The number of nitrogens with one attached hydrogen (secondary N) is 2. The molecule has 0 amide bonds. The Morgan fingerprint density at radius 1 is 1.10 bits per heavy atom. The van der Waals surface area contributed by atoms with Crippen LogP contribution in [0.5, 0.6) is 0 Å². The van der Waals surface area contributed by atoms with E-state index in [1.165, 1.54) is 6.07 Å². The molecule has 0 radical (unpaired) electrons. The lowest BCUT2D eigenvalue weighted by molar-refractivity contribution is 0.601. The SMILES string of the molecule is CCc1cc(=O)[nH]c(-c2cccc(NS(=O)(=O)c3ccc(CCCCl)cc3)c2)n1. The van der Waals surface area contributed by atoms with Crippen LogP contribution in [-0.2, 0) is 22.9 Å². The average Bonchev–Trinajstić information content (AvgIpc) is 2.72. The van der Waals surface area contributed by atoms with Crippen molar-refractivity contribution >= 4 is 27.3 Å². The molecule has 2 aromatic carbocycles. The van der Waals surface area contributed by atoms with Gasteiger partial charge in [0.05, 0.1) is 4.90 Å². The molecule has 29 heavy (non-hydrogen) atoms. The second-order valence-electron chi connectivity index (χ2n) is 6.56. The summed E-state index contributed by atoms with van der Waals surface area (Å²) in [6.07, 6.45) is 2.28. The van der Waals surface area contributed by atoms with Crippen molar-refractivity contribution in [3.05, 3.63) is 76.2 Å². The van der Waals surface area contributed by atoms with Gasteiger partial charge in [0, 0.05) is 28.9 Å². The maximum absolute atomic E-state index is 12.7. The Labute approximate surface area is 175 Å². The normalized spacial score (nSPS) is 11.4. The number of aromatic nitrogens is 2. The summed E-state index contributed by atoms with van der Waals surface area (Å²) in [5, 5.41) is 0. The van der Waals surface area contributed by atoms with Crippen molar-refractivity contribution in [1.82, 2.24) is 9.97 Å². The lowest BCUT2D eigenvalue weighted by Gasteiger charge is -2.10. The summed E-state index contributed by atoms with van der Waals surface area (Å²) in [5.41, 5.74) is 2.47. The number of halogens is 1. The molecule has 0 aliphatic heterocycles. The number of rotatable bonds is 8. The quantitative estimate of drug-likeness (QED) is 0.528. The zero-order chi connectivity index (χ0) is 20.9. The Morgan fingerprint density at radius 2 is 1.86 bits per heavy atom. The van der Waals surface area contributed by atoms with Crippen LogP contribution in [0.2, 0.25) is 0 Å². The van der Waals surface area contributed by atoms with Gasteiger partial charge in [0.2, 0.25) is 0 Å². The number of hydrogen-bond donors (Lipinski definition) is 2. The van der Waals surface area contributed by atoms with E-state index < -0.39 is 10.0 Å². The van der Waals surface area contributed by atoms with Crippen molar-refractivity contribution in [3.8, 4) is 11.4 Å². The van der Waals surface area contributed by atoms with E-state index in [0.717, 1.165) is 18.4 Å². The van der Waals surface area contributed by atoms with Crippen LogP contribution in [0.25, 0.3) is 11.4 Å². The Bertz CT molecular complexity index is 1140. The molecule has 2 N–H and O–H groups in total. The molecule has 0 aliphatic rings. The van der Waals surface area contributed by atoms with Crippen LogP contribution in [-0.4, -0.2) is 24.3 Å². The predicted octanol–water partition coefficient (Wildman–Crippen LogP) is 3.97. The van der Waals surface area contributed by atoms with Crippen LogP contribution in [0, 0.1) is 0 Å². The van der Waals surface area contributed by atoms with Crippen molar-refractivity contribution in [3.63, 3.8) is 0 Å². The first kappa shape index (κ1) is 21.1. The molecule has 0 unspecified atom stereocenters. The summed E-state index contributed by atoms with van der Waals surface area (Å²) in [5.74, 6) is 0.971. The minimum atomic E-state index is -3.74. The lowest BCUT2D eigenvalue weighted by Crippen LogP contribution is -2.13. The van der Waals surface area contributed by atoms with E-state index in [1.54, 1.807) is 48.5 Å². The first-order chi connectivity index (χ1) is 13.9. The first-order valence-electron chi connectivity index (χ1n) is 9.29. The van der Waals surface area contributed by atoms with Gasteiger partial charge in [-0.1, -0.05) is 31.2 Å². The number of H-pyrrole nitrogens is 1. The highest BCUT2D eigenvalue weighted by atomic mass is 35.5. The smallest absolute Gasteiger partial charge is 0.261 e. The van der Waals surface area contributed by atoms with Gasteiger partial charge in [0.15, 0.2) is 0 Å². The van der Waals surface area contributed by atoms with Crippen LogP contribution in [0.1, 0.15) is 24.6 Å². The van der Waals surface area contributed by atoms with Crippen molar-refractivity contribution in [2.45, 2.75) is 31.1 Å². The number of sulfonamides is 1. The average molecular weight is 432 g/mol. The minimum absolute atomic E-state index is 0.178. The number of alkyl halides is 1. The second kappa shape index (κ2) is 9.24. The predicted molar refractivity (Wildman–Crippen MR) is 116 cm³/mol. The fourth-order valence-corrected chi connectivity index (χ4v) is 4.06. The monoisotopic (exact) mass is 431 g/mol. The Morgan fingerprint density at radius 3 is 2.55 bits per heavy atom. The second-order valence-corrected chi connectivity index (χ2v) is 8.62. The molecule has 1 heterocycles. The molecule has 0 saturated heterocycles. The molecule has 0 spiro atoms. The van der Waals surface area contributed by atoms with E-state index in [1.807, 2.05) is 6.92 Å². The first-order valence-corrected chi connectivity index (χ1v) is 11.3. The van der Waals surface area contributed by atoms with Gasteiger partial charge in [0.25, 0.3) is 15.6 Å². The van der Waals surface area contributed by atoms with E-state index in [4.69, 9.17) is 11.6 Å². The summed E-state index contributed by atoms with van der Waals surface area (Å²) in [4.78, 5) is 19.1. The van der Waals surface area contributed by atoms with Gasteiger partial charge < -0.3 is 4.98 Å². The molecule has 0 fully saturated rings. The third-order valence-electron chi connectivity index (χ3n) is 4.38. The molecule has 6 nitrogen and oxygen atoms in total. The summed E-state index contributed by atoms with van der Waals surface area (Å²) in [6, 6.07) is 15.0. The van der Waals surface area contributed by atoms with E-state index in [-0.39, 0.29) is 10.5 Å². The fraction of sp³-hybridized carbons (Fsp3) is 0.238. The van der Waals surface area contributed by atoms with E-state index in [2.05, 4.69) is 14.7 Å². The molecule has 1 aromatic heterocycles. The third-order valence-corrected chi connectivity index (χ3v) is 6.04. The largest absolute Gasteiger partial charge is 0.307 e. The van der Waals surface area contributed by atoms with E-state index in [9.17, 15) is 13.2 Å². The highest BCUT2D eigenvalue weighted by molar-refractivity contribution is 7.92. The standard InChI is InChI=1S/C21H22ClN3O3S/c1-2-17-14-20(26)24-21(23-17)16-6-3-7-18(13-16)25-29(27,28)19-10-8-15(9-11-19)5-4-12-22/h3,6-11,13-14,25H,2,4-5,12H2,1H3,(H,23,24,26). The maximum atomic E-state index is 12.7. The van der Waals surface area contributed by atoms with Crippen molar-refractivity contribution in [1.29, 1.82) is 0 Å². The number of nitrogens with zero attached hydrogens (tertiary/aromatic N) is 1. The number of hydrogen-bond acceptors (Lipinski definition) is 4. The number of aryl methyl sites for hydroxylation is 2. The molecule has 0 bridgehead atoms. The van der Waals surface area contributed by atoms with Crippen LogP contribution < -0.4 is 10.3 Å². The highest BCUT2D eigenvalue weighted by Crippen LogP contribution is 2.22. The summed E-state index contributed by atoms with van der Waals surface area (Å²) in [7, 11) is -3.74. The molecular weight excluding hydrogens is 410 g/mol. The van der Waals surface area contributed by atoms with Crippen molar-refractivity contribution in [2.75, 3.05) is 10.6 Å². The minimum Gasteiger partial charge on any atom is -0.307 e. The molecule has 8 heteroatoms. The number of benzene rings is 2. The van der Waals surface area contributed by atoms with E-state index >= 15 is 0 Å². The van der Waals surface area contributed by atoms with Crippen LogP contribution in [0.4, 0.5) is 5.69 Å². The Hall–Kier alpha value is -2.64. The lowest BCUT2D eigenvalue weighted by atomic mass is 10.1. The molecule has 0 saturated carbocycles. The summed E-state index contributed by atoms with van der Waals surface area (Å²) >= 11 is 5.70. The topological polar surface area (TPSA) is 91.9 Å². The third kappa shape index (κ3) is 5.46. The van der Waals surface area contributed by atoms with Crippen molar-refractivity contribution < 1.29 is 8.42 Å². The van der Waals surface area contributed by atoms with Gasteiger partial charge in [-0.05, 0) is 49.1 Å². The highest BCUT2D eigenvalue weighted by Gasteiger charge is 2.15. The molecule has 0 atom stereocenters. The van der Waals surface area contributed by atoms with Crippen LogP contribution >= 0.6 is 11.6 Å². The van der Waals surface area contributed by atoms with E-state index in [0.29, 0.717) is 35.1 Å². The Kier molecular flexibility index (Phi) is 6.71. The summed E-state index contributed by atoms with van der Waals surface area (Å²) in [6.45, 7) is 1.91. The van der Waals surface area contributed by atoms with Gasteiger partial charge in [-0.3, -0.25) is 9.52 Å². The molecule has 3 aromatic rings. The molecule has 3 rings (SSSR count). The Balaban J connectivity index is 1.84.